The Balaban J connectivity index is 2.07. The zero-order valence-electron chi connectivity index (χ0n) is 16.4. The van der Waals surface area contributed by atoms with E-state index >= 15 is 0 Å². The normalized spacial score (nSPS) is 17.9. The van der Waals surface area contributed by atoms with Crippen molar-refractivity contribution in [3.05, 3.63) is 35.4 Å². The highest BCUT2D eigenvalue weighted by molar-refractivity contribution is 6.35. The van der Waals surface area contributed by atoms with Gasteiger partial charge in [0.1, 0.15) is 6.61 Å². The Bertz CT molecular complexity index is 707. The molecular formula is C20H27F3N2O2. The molecule has 150 valence electrons. The van der Waals surface area contributed by atoms with Crippen LogP contribution in [0.2, 0.25) is 0 Å². The molecule has 0 fully saturated rings. The van der Waals surface area contributed by atoms with Gasteiger partial charge in [-0.1, -0.05) is 19.1 Å². The zero-order valence-corrected chi connectivity index (χ0v) is 16.4. The molecule has 0 aliphatic carbocycles. The second-order valence-corrected chi connectivity index (χ2v) is 8.29. The maximum absolute atomic E-state index is 12.7. The minimum absolute atomic E-state index is 0.0189. The molecule has 2 rings (SSSR count). The fourth-order valence-corrected chi connectivity index (χ4v) is 3.17. The van der Waals surface area contributed by atoms with E-state index in [0.29, 0.717) is 13.0 Å². The van der Waals surface area contributed by atoms with Gasteiger partial charge >= 0.3 is 12.1 Å². The highest BCUT2D eigenvalue weighted by Crippen LogP contribution is 2.33. The molecule has 1 aliphatic heterocycles. The van der Waals surface area contributed by atoms with Gasteiger partial charge in [0.2, 0.25) is 0 Å². The number of rotatable bonds is 6. The zero-order chi connectivity index (χ0) is 20.5. The van der Waals surface area contributed by atoms with Gasteiger partial charge in [0.05, 0.1) is 11.1 Å². The Labute approximate surface area is 158 Å². The van der Waals surface area contributed by atoms with Crippen molar-refractivity contribution in [1.82, 2.24) is 5.32 Å². The largest absolute Gasteiger partial charge is 0.471 e. The van der Waals surface area contributed by atoms with E-state index in [4.69, 9.17) is 4.74 Å². The lowest BCUT2D eigenvalue weighted by Gasteiger charge is -2.30. The van der Waals surface area contributed by atoms with Crippen molar-refractivity contribution in [2.45, 2.75) is 70.6 Å². The summed E-state index contributed by atoms with van der Waals surface area (Å²) in [5.74, 6) is -0.269. The van der Waals surface area contributed by atoms with Crippen molar-refractivity contribution in [3.63, 3.8) is 0 Å². The lowest BCUT2D eigenvalue weighted by molar-refractivity contribution is -0.137. The Morgan fingerprint density at radius 3 is 2.30 bits per heavy atom. The van der Waals surface area contributed by atoms with Crippen LogP contribution in [0.4, 0.5) is 13.2 Å². The first-order valence-electron chi connectivity index (χ1n) is 9.05. The Morgan fingerprint density at radius 1 is 1.26 bits per heavy atom. The van der Waals surface area contributed by atoms with Crippen LogP contribution < -0.4 is 5.32 Å². The summed E-state index contributed by atoms with van der Waals surface area (Å²) in [6.07, 6.45) is -3.02. The van der Waals surface area contributed by atoms with Crippen LogP contribution in [0.15, 0.2) is 29.3 Å². The number of alkyl halides is 3. The number of amides is 1. The smallest absolute Gasteiger partial charge is 0.416 e. The summed E-state index contributed by atoms with van der Waals surface area (Å²) in [4.78, 5) is 16.7. The quantitative estimate of drug-likeness (QED) is 0.773. The molecule has 1 amide bonds. The average Bonchev–Trinajstić information content (AvgIpc) is 2.92. The minimum Gasteiger partial charge on any atom is -0.471 e. The van der Waals surface area contributed by atoms with Crippen LogP contribution in [0.1, 0.15) is 64.5 Å². The molecule has 1 aromatic rings. The lowest BCUT2D eigenvalue weighted by Crippen LogP contribution is -2.47. The average molecular weight is 384 g/mol. The van der Waals surface area contributed by atoms with Gasteiger partial charge in [-0.15, -0.1) is 0 Å². The van der Waals surface area contributed by atoms with Crippen molar-refractivity contribution in [2.75, 3.05) is 6.61 Å². The van der Waals surface area contributed by atoms with Crippen LogP contribution in [0.25, 0.3) is 0 Å². The standard InChI is InChI=1S/C20H27F3N2O2/c1-6-13(14-7-9-15(10-8-14)20(21,22)23)11-18(2,3)24-16(26)17-25-19(4,5)12-27-17/h7-10,13H,6,11-12H2,1-5H3,(H,24,26). The molecule has 0 saturated carbocycles. The third-order valence-corrected chi connectivity index (χ3v) is 4.57. The molecule has 0 radical (unpaired) electrons. The van der Waals surface area contributed by atoms with Crippen LogP contribution in [0, 0.1) is 0 Å². The number of ether oxygens (including phenoxy) is 1. The van der Waals surface area contributed by atoms with Crippen molar-refractivity contribution in [2.24, 2.45) is 4.99 Å². The Hall–Kier alpha value is -2.05. The Kier molecular flexibility index (Phi) is 5.92. The first-order chi connectivity index (χ1) is 12.3. The maximum atomic E-state index is 12.7. The molecule has 1 heterocycles. The van der Waals surface area contributed by atoms with E-state index in [-0.39, 0.29) is 17.7 Å². The van der Waals surface area contributed by atoms with Crippen molar-refractivity contribution >= 4 is 11.8 Å². The number of carbonyl (C=O) groups is 1. The van der Waals surface area contributed by atoms with E-state index in [1.807, 2.05) is 34.6 Å². The predicted octanol–water partition coefficient (Wildman–Crippen LogP) is 4.69. The summed E-state index contributed by atoms with van der Waals surface area (Å²) in [5.41, 5.74) is -0.821. The summed E-state index contributed by atoms with van der Waals surface area (Å²) in [7, 11) is 0. The van der Waals surface area contributed by atoms with E-state index in [1.54, 1.807) is 0 Å². The second-order valence-electron chi connectivity index (χ2n) is 8.29. The monoisotopic (exact) mass is 384 g/mol. The third-order valence-electron chi connectivity index (χ3n) is 4.57. The van der Waals surface area contributed by atoms with Gasteiger partial charge in [0.25, 0.3) is 5.90 Å². The van der Waals surface area contributed by atoms with E-state index in [2.05, 4.69) is 10.3 Å². The highest BCUT2D eigenvalue weighted by atomic mass is 19.4. The molecule has 1 N–H and O–H groups in total. The molecule has 0 aromatic heterocycles. The van der Waals surface area contributed by atoms with E-state index < -0.39 is 22.8 Å². The molecule has 0 saturated heterocycles. The summed E-state index contributed by atoms with van der Waals surface area (Å²) < 4.78 is 43.6. The molecule has 1 atom stereocenters. The molecule has 1 unspecified atom stereocenters. The van der Waals surface area contributed by atoms with Crippen LogP contribution in [-0.2, 0) is 15.7 Å². The van der Waals surface area contributed by atoms with Gasteiger partial charge in [-0.05, 0) is 64.2 Å². The van der Waals surface area contributed by atoms with Gasteiger partial charge in [-0.25, -0.2) is 4.99 Å². The molecule has 7 heteroatoms. The van der Waals surface area contributed by atoms with E-state index in [1.165, 1.54) is 12.1 Å². The fraction of sp³-hybridized carbons (Fsp3) is 0.600. The summed E-state index contributed by atoms with van der Waals surface area (Å²) >= 11 is 0. The molecule has 27 heavy (non-hydrogen) atoms. The van der Waals surface area contributed by atoms with Crippen molar-refractivity contribution < 1.29 is 22.7 Å². The first kappa shape index (κ1) is 21.3. The van der Waals surface area contributed by atoms with Crippen molar-refractivity contribution in [3.8, 4) is 0 Å². The molecule has 4 nitrogen and oxygen atoms in total. The fourth-order valence-electron chi connectivity index (χ4n) is 3.17. The first-order valence-corrected chi connectivity index (χ1v) is 9.05. The SMILES string of the molecule is CCC(CC(C)(C)NC(=O)C1=NC(C)(C)CO1)c1ccc(C(F)(F)F)cc1. The number of carbonyl (C=O) groups excluding carboxylic acids is 1. The highest BCUT2D eigenvalue weighted by Gasteiger charge is 2.34. The van der Waals surface area contributed by atoms with Gasteiger partial charge < -0.3 is 10.1 Å². The maximum Gasteiger partial charge on any atom is 0.416 e. The van der Waals surface area contributed by atoms with Crippen molar-refractivity contribution in [1.29, 1.82) is 0 Å². The second kappa shape index (κ2) is 7.52. The number of halogens is 3. The van der Waals surface area contributed by atoms with Gasteiger partial charge in [0.15, 0.2) is 0 Å². The number of hydrogen-bond acceptors (Lipinski definition) is 3. The molecule has 0 bridgehead atoms. The van der Waals surface area contributed by atoms with E-state index in [9.17, 15) is 18.0 Å². The van der Waals surface area contributed by atoms with Crippen LogP contribution in [-0.4, -0.2) is 29.5 Å². The topological polar surface area (TPSA) is 50.7 Å². The number of hydrogen-bond donors (Lipinski definition) is 1. The summed E-state index contributed by atoms with van der Waals surface area (Å²) in [6, 6.07) is 5.24. The Morgan fingerprint density at radius 2 is 1.85 bits per heavy atom. The third kappa shape index (κ3) is 5.71. The number of nitrogens with zero attached hydrogens (tertiary/aromatic N) is 1. The van der Waals surface area contributed by atoms with Crippen LogP contribution >= 0.6 is 0 Å². The summed E-state index contributed by atoms with van der Waals surface area (Å²) in [5, 5.41) is 2.93. The number of nitrogens with one attached hydrogen (secondary N) is 1. The molecule has 1 aromatic carbocycles. The molecular weight excluding hydrogens is 357 g/mol. The van der Waals surface area contributed by atoms with E-state index in [0.717, 1.165) is 24.1 Å². The molecule has 1 aliphatic rings. The van der Waals surface area contributed by atoms with Gasteiger partial charge in [-0.2, -0.15) is 13.2 Å². The molecule has 0 spiro atoms. The van der Waals surface area contributed by atoms with Gasteiger partial charge in [-0.3, -0.25) is 4.79 Å². The van der Waals surface area contributed by atoms with Gasteiger partial charge in [0, 0.05) is 5.54 Å². The lowest BCUT2D eigenvalue weighted by atomic mass is 9.84. The predicted molar refractivity (Wildman–Crippen MR) is 98.8 cm³/mol. The van der Waals surface area contributed by atoms with Crippen LogP contribution in [0.5, 0.6) is 0 Å². The minimum atomic E-state index is -4.34. The number of aliphatic imine (C=N–C) groups is 1. The number of benzene rings is 1. The summed E-state index contributed by atoms with van der Waals surface area (Å²) in [6.45, 7) is 9.88. The van der Waals surface area contributed by atoms with Crippen LogP contribution in [0.3, 0.4) is 0 Å².